The van der Waals surface area contributed by atoms with Gasteiger partial charge in [0.05, 0.1) is 57.4 Å². The molecule has 0 radical (unpaired) electrons. The lowest BCUT2D eigenvalue weighted by Crippen LogP contribution is -2.37. The normalized spacial score (nSPS) is 15.5. The van der Waals surface area contributed by atoms with Crippen molar-refractivity contribution in [2.24, 2.45) is 4.99 Å². The lowest BCUT2D eigenvalue weighted by atomic mass is 10.1. The number of methoxy groups -OCH3 is 2. The van der Waals surface area contributed by atoms with E-state index in [1.165, 1.54) is 0 Å². The molecule has 2 aliphatic rings. The molecule has 258 valence electrons. The highest BCUT2D eigenvalue weighted by molar-refractivity contribution is 8.76. The number of hydrogen-bond acceptors (Lipinski definition) is 10. The van der Waals surface area contributed by atoms with Crippen molar-refractivity contribution in [1.29, 1.82) is 0 Å². The molecule has 0 N–H and O–H groups in total. The number of benzene rings is 3. The Bertz CT molecular complexity index is 1560. The molecule has 3 aromatic rings. The number of aliphatic imine (C=N–C) groups is 1. The van der Waals surface area contributed by atoms with Gasteiger partial charge < -0.3 is 28.6 Å². The fourth-order valence-electron chi connectivity index (χ4n) is 5.91. The van der Waals surface area contributed by atoms with Gasteiger partial charge in [-0.05, 0) is 47.2 Å². The van der Waals surface area contributed by atoms with Crippen molar-refractivity contribution in [2.45, 2.75) is 37.1 Å². The van der Waals surface area contributed by atoms with Gasteiger partial charge in [-0.2, -0.15) is 0 Å². The van der Waals surface area contributed by atoms with E-state index >= 15 is 0 Å². The molecular weight excluding hydrogens is 670 g/mol. The summed E-state index contributed by atoms with van der Waals surface area (Å²) in [5.74, 6) is 1.27. The first kappa shape index (κ1) is 36.4. The summed E-state index contributed by atoms with van der Waals surface area (Å²) in [4.78, 5) is 22.7. The quantitative estimate of drug-likeness (QED) is 0.0729. The molecule has 1 amide bonds. The van der Waals surface area contributed by atoms with Gasteiger partial charge in [0.15, 0.2) is 11.5 Å². The molecule has 0 spiro atoms. The molecule has 5 rings (SSSR count). The second-order valence-corrected chi connectivity index (χ2v) is 14.7. The van der Waals surface area contributed by atoms with Gasteiger partial charge in [-0.1, -0.05) is 52.8 Å². The minimum absolute atomic E-state index is 0.0988. The minimum atomic E-state index is -0.131. The number of rotatable bonds is 19. The Balaban J connectivity index is 1.31. The number of ether oxygens (including phenoxy) is 5. The summed E-state index contributed by atoms with van der Waals surface area (Å²) in [6.45, 7) is 6.83. The summed E-state index contributed by atoms with van der Waals surface area (Å²) in [6.07, 6.45) is 4.70. The van der Waals surface area contributed by atoms with Crippen LogP contribution in [-0.4, -0.2) is 90.0 Å². The van der Waals surface area contributed by atoms with E-state index in [4.69, 9.17) is 40.3 Å². The van der Waals surface area contributed by atoms with Crippen molar-refractivity contribution in [3.05, 3.63) is 76.9 Å². The molecule has 3 aromatic carbocycles. The second-order valence-electron chi connectivity index (χ2n) is 11.5. The molecule has 2 atom stereocenters. The summed E-state index contributed by atoms with van der Waals surface area (Å²) < 4.78 is 28.6. The van der Waals surface area contributed by atoms with Crippen molar-refractivity contribution < 1.29 is 28.5 Å². The first-order valence-corrected chi connectivity index (χ1v) is 19.2. The Kier molecular flexibility index (Phi) is 13.8. The predicted octanol–water partition coefficient (Wildman–Crippen LogP) is 7.19. The summed E-state index contributed by atoms with van der Waals surface area (Å²) in [5, 5.41) is 0.396. The molecule has 0 fully saturated rings. The molecule has 2 aliphatic heterocycles. The summed E-state index contributed by atoms with van der Waals surface area (Å²) in [6, 6.07) is 17.8. The summed E-state index contributed by atoms with van der Waals surface area (Å²) in [5.41, 5.74) is 6.15. The van der Waals surface area contributed by atoms with Gasteiger partial charge in [0.1, 0.15) is 6.61 Å². The maximum absolute atomic E-state index is 13.8. The monoisotopic (exact) mass is 713 g/mol. The smallest absolute Gasteiger partial charge is 0.261 e. The minimum Gasteiger partial charge on any atom is -0.493 e. The summed E-state index contributed by atoms with van der Waals surface area (Å²) in [7, 11) is 6.86. The molecule has 2 heterocycles. The van der Waals surface area contributed by atoms with Gasteiger partial charge in [0.25, 0.3) is 5.91 Å². The number of alkyl halides is 1. The van der Waals surface area contributed by atoms with E-state index in [0.29, 0.717) is 66.9 Å². The van der Waals surface area contributed by atoms with Gasteiger partial charge in [0, 0.05) is 61.4 Å². The van der Waals surface area contributed by atoms with Crippen molar-refractivity contribution in [2.75, 3.05) is 76.4 Å². The summed E-state index contributed by atoms with van der Waals surface area (Å²) >= 11 is 6.39. The zero-order valence-electron chi connectivity index (χ0n) is 28.0. The maximum atomic E-state index is 13.8. The SMILES string of the molecule is COCCOCCOCCN(CC(C)SSC)c1cc(CCl)cc(COc2cc3c(cc2OC)C(=O)N2c4ccccc4CC2C=N3)c1. The molecule has 12 heteroatoms. The first-order chi connectivity index (χ1) is 23.4. The highest BCUT2D eigenvalue weighted by atomic mass is 35.5. The maximum Gasteiger partial charge on any atom is 0.261 e. The van der Waals surface area contributed by atoms with Crippen molar-refractivity contribution in [3.63, 3.8) is 0 Å². The first-order valence-electron chi connectivity index (χ1n) is 16.0. The van der Waals surface area contributed by atoms with Crippen LogP contribution in [0.4, 0.5) is 17.1 Å². The standard InChI is InChI=1S/C36H44ClN3O6S2/c1-25(48-47-4)23-39(9-10-44-13-14-45-12-11-42-2)29-16-26(21-37)15-27(17-29)24-46-35-20-32-31(19-34(35)43-3)36(41)40-30(22-38-32)18-28-7-5-6-8-33(28)40/h5-8,15-17,19-20,22,25,30H,9-14,18,21,23-24H2,1-4H3. The predicted molar refractivity (Wildman–Crippen MR) is 199 cm³/mol. The van der Waals surface area contributed by atoms with Crippen LogP contribution in [0.5, 0.6) is 11.5 Å². The average Bonchev–Trinajstić information content (AvgIpc) is 3.42. The zero-order chi connectivity index (χ0) is 33.9. The van der Waals surface area contributed by atoms with Gasteiger partial charge in [-0.15, -0.1) is 11.6 Å². The Labute approximate surface area is 296 Å². The molecule has 0 saturated carbocycles. The highest BCUT2D eigenvalue weighted by Crippen LogP contribution is 2.41. The Hall–Kier alpha value is -2.93. The van der Waals surface area contributed by atoms with E-state index in [-0.39, 0.29) is 18.6 Å². The number of anilines is 2. The molecule has 9 nitrogen and oxygen atoms in total. The van der Waals surface area contributed by atoms with Gasteiger partial charge >= 0.3 is 0 Å². The molecule has 2 unspecified atom stereocenters. The molecule has 0 aliphatic carbocycles. The molecule has 0 aromatic heterocycles. The number of carbonyl (C=O) groups excluding carboxylic acids is 1. The second kappa shape index (κ2) is 18.2. The fourth-order valence-corrected chi connectivity index (χ4v) is 7.80. The van der Waals surface area contributed by atoms with E-state index in [9.17, 15) is 4.79 Å². The number of hydrogen-bond donors (Lipinski definition) is 0. The van der Waals surface area contributed by atoms with E-state index in [1.54, 1.807) is 37.1 Å². The highest BCUT2D eigenvalue weighted by Gasteiger charge is 2.36. The van der Waals surface area contributed by atoms with Gasteiger partial charge in [0.2, 0.25) is 0 Å². The van der Waals surface area contributed by atoms with Crippen LogP contribution in [0.3, 0.4) is 0 Å². The van der Waals surface area contributed by atoms with Crippen LogP contribution in [0, 0.1) is 0 Å². The Morgan fingerprint density at radius 3 is 2.54 bits per heavy atom. The fraction of sp³-hybridized carbons (Fsp3) is 0.444. The number of nitrogens with zero attached hydrogens (tertiary/aromatic N) is 3. The number of halogens is 1. The molecule has 0 bridgehead atoms. The van der Waals surface area contributed by atoms with Gasteiger partial charge in [-0.25, -0.2) is 0 Å². The van der Waals surface area contributed by atoms with E-state index < -0.39 is 0 Å². The van der Waals surface area contributed by atoms with Crippen LogP contribution in [0.15, 0.2) is 59.6 Å². The van der Waals surface area contributed by atoms with Crippen LogP contribution in [0.25, 0.3) is 0 Å². The Morgan fingerprint density at radius 1 is 1.00 bits per heavy atom. The van der Waals surface area contributed by atoms with Crippen LogP contribution >= 0.6 is 33.2 Å². The van der Waals surface area contributed by atoms with Crippen LogP contribution in [0.1, 0.15) is 34.0 Å². The third kappa shape index (κ3) is 9.19. The van der Waals surface area contributed by atoms with Gasteiger partial charge in [-0.3, -0.25) is 14.7 Å². The third-order valence-corrected chi connectivity index (χ3v) is 10.7. The molecule has 0 saturated heterocycles. The van der Waals surface area contributed by atoms with Crippen molar-refractivity contribution >= 4 is 62.4 Å². The lowest BCUT2D eigenvalue weighted by Gasteiger charge is -2.28. The van der Waals surface area contributed by atoms with Crippen LogP contribution in [0.2, 0.25) is 0 Å². The van der Waals surface area contributed by atoms with E-state index in [0.717, 1.165) is 47.6 Å². The number of para-hydroxylation sites is 1. The third-order valence-electron chi connectivity index (χ3n) is 8.13. The zero-order valence-corrected chi connectivity index (χ0v) is 30.4. The lowest BCUT2D eigenvalue weighted by molar-refractivity contribution is 0.0265. The number of carbonyl (C=O) groups is 1. The van der Waals surface area contributed by atoms with Crippen molar-refractivity contribution in [1.82, 2.24) is 0 Å². The van der Waals surface area contributed by atoms with E-state index in [2.05, 4.69) is 42.3 Å². The topological polar surface area (TPSA) is 82.1 Å². The average molecular weight is 714 g/mol. The Morgan fingerprint density at radius 2 is 1.77 bits per heavy atom. The number of fused-ring (bicyclic) bond motifs is 4. The van der Waals surface area contributed by atoms with Crippen LogP contribution in [-0.2, 0) is 33.1 Å². The van der Waals surface area contributed by atoms with Crippen LogP contribution < -0.4 is 19.3 Å². The number of amides is 1. The molecular formula is C36H44ClN3O6S2. The van der Waals surface area contributed by atoms with Crippen molar-refractivity contribution in [3.8, 4) is 11.5 Å². The molecule has 48 heavy (non-hydrogen) atoms. The largest absolute Gasteiger partial charge is 0.493 e. The van der Waals surface area contributed by atoms with E-state index in [1.807, 2.05) is 40.1 Å².